The molecule has 0 aromatic carbocycles. The quantitative estimate of drug-likeness (QED) is 0.490. The predicted molar refractivity (Wildman–Crippen MR) is 112 cm³/mol. The highest BCUT2D eigenvalue weighted by atomic mass is 79.9. The summed E-state index contributed by atoms with van der Waals surface area (Å²) in [5, 5.41) is 11.5. The van der Waals surface area contributed by atoms with E-state index in [0.717, 1.165) is 19.3 Å². The summed E-state index contributed by atoms with van der Waals surface area (Å²) < 4.78 is 4.88. The van der Waals surface area contributed by atoms with E-state index in [9.17, 15) is 24.3 Å². The molecular weight excluding hydrogens is 452 g/mol. The largest absolute Gasteiger partial charge is 0.458 e. The molecule has 0 unspecified atom stereocenters. The number of aliphatic hydroxyl groups is 1. The maximum Gasteiger partial charge on any atom is 0.303 e. The number of hydrogen-bond acceptors (Lipinski definition) is 6. The SMILES string of the molecule is CC(=O)OCC(=O)[C@@]1(O)CC[C@H]2[C@@H]3CC[C@H]4[C@H](Br)C(=O)CC[C@]4(C)[C@H]3C(=O)C[C@@]21C. The van der Waals surface area contributed by atoms with Crippen molar-refractivity contribution in [2.45, 2.75) is 76.1 Å². The van der Waals surface area contributed by atoms with Crippen LogP contribution < -0.4 is 0 Å². The Bertz CT molecular complexity index is 810. The van der Waals surface area contributed by atoms with Crippen LogP contribution in [0.4, 0.5) is 0 Å². The summed E-state index contributed by atoms with van der Waals surface area (Å²) in [6.07, 6.45) is 4.07. The van der Waals surface area contributed by atoms with Gasteiger partial charge in [-0.15, -0.1) is 0 Å². The number of rotatable bonds is 3. The van der Waals surface area contributed by atoms with Gasteiger partial charge in [0, 0.05) is 31.1 Å². The number of fused-ring (bicyclic) bond motifs is 5. The lowest BCUT2D eigenvalue weighted by atomic mass is 9.44. The number of halogens is 1. The van der Waals surface area contributed by atoms with Crippen LogP contribution in [0.5, 0.6) is 0 Å². The summed E-state index contributed by atoms with van der Waals surface area (Å²) in [5.41, 5.74) is -2.72. The van der Waals surface area contributed by atoms with E-state index >= 15 is 0 Å². The second-order valence-corrected chi connectivity index (χ2v) is 11.5. The number of ketones is 3. The lowest BCUT2D eigenvalue weighted by Gasteiger charge is -2.60. The average molecular weight is 483 g/mol. The highest BCUT2D eigenvalue weighted by Crippen LogP contribution is 2.67. The zero-order chi connectivity index (χ0) is 22.1. The van der Waals surface area contributed by atoms with Gasteiger partial charge < -0.3 is 9.84 Å². The zero-order valence-electron chi connectivity index (χ0n) is 17.9. The number of esters is 1. The molecule has 0 radical (unpaired) electrons. The van der Waals surface area contributed by atoms with Gasteiger partial charge in [0.1, 0.15) is 17.2 Å². The molecule has 0 aliphatic heterocycles. The summed E-state index contributed by atoms with van der Waals surface area (Å²) in [5.74, 6) is -0.522. The van der Waals surface area contributed by atoms with Crippen LogP contribution in [0, 0.1) is 34.5 Å². The molecule has 0 amide bonds. The molecule has 0 aromatic heterocycles. The number of ether oxygens (including phenoxy) is 1. The minimum absolute atomic E-state index is 0.0654. The van der Waals surface area contributed by atoms with E-state index in [1.807, 2.05) is 6.92 Å². The van der Waals surface area contributed by atoms with Crippen molar-refractivity contribution in [1.29, 1.82) is 0 Å². The molecular formula is C23H31BrO6. The molecule has 4 saturated carbocycles. The fourth-order valence-corrected chi connectivity index (χ4v) is 8.76. The Morgan fingerprint density at radius 1 is 1.10 bits per heavy atom. The first-order chi connectivity index (χ1) is 14.0. The van der Waals surface area contributed by atoms with Crippen LogP contribution in [0.1, 0.15) is 65.7 Å². The second-order valence-electron chi connectivity index (χ2n) is 10.5. The third kappa shape index (κ3) is 2.90. The van der Waals surface area contributed by atoms with Crippen molar-refractivity contribution < 1.29 is 29.0 Å². The molecule has 1 N–H and O–H groups in total. The first-order valence-corrected chi connectivity index (χ1v) is 12.0. The molecule has 8 atom stereocenters. The van der Waals surface area contributed by atoms with Crippen molar-refractivity contribution >= 4 is 39.2 Å². The van der Waals surface area contributed by atoms with E-state index in [2.05, 4.69) is 22.9 Å². The van der Waals surface area contributed by atoms with Gasteiger partial charge in [-0.2, -0.15) is 0 Å². The molecule has 0 saturated heterocycles. The van der Waals surface area contributed by atoms with Gasteiger partial charge in [-0.05, 0) is 55.3 Å². The molecule has 0 bridgehead atoms. The summed E-state index contributed by atoms with van der Waals surface area (Å²) >= 11 is 3.61. The minimum Gasteiger partial charge on any atom is -0.458 e. The molecule has 0 heterocycles. The van der Waals surface area contributed by atoms with Crippen molar-refractivity contribution in [3.8, 4) is 0 Å². The topological polar surface area (TPSA) is 97.7 Å². The van der Waals surface area contributed by atoms with E-state index in [1.165, 1.54) is 6.92 Å². The third-order valence-electron chi connectivity index (χ3n) is 9.22. The van der Waals surface area contributed by atoms with Crippen LogP contribution in [0.2, 0.25) is 0 Å². The normalized spacial score (nSPS) is 47.8. The van der Waals surface area contributed by atoms with Gasteiger partial charge in [0.15, 0.2) is 6.61 Å². The number of alkyl halides is 1. The fraction of sp³-hybridized carbons (Fsp3) is 0.826. The second kappa shape index (κ2) is 7.22. The van der Waals surface area contributed by atoms with Gasteiger partial charge in [-0.1, -0.05) is 29.8 Å². The van der Waals surface area contributed by atoms with E-state index in [4.69, 9.17) is 4.74 Å². The summed E-state index contributed by atoms with van der Waals surface area (Å²) in [7, 11) is 0. The van der Waals surface area contributed by atoms with Crippen molar-refractivity contribution in [2.75, 3.05) is 6.61 Å². The lowest BCUT2D eigenvalue weighted by Crippen LogP contribution is -2.63. The highest BCUT2D eigenvalue weighted by molar-refractivity contribution is 9.10. The average Bonchev–Trinajstić information content (AvgIpc) is 2.94. The van der Waals surface area contributed by atoms with Crippen molar-refractivity contribution in [3.05, 3.63) is 0 Å². The maximum atomic E-state index is 13.6. The summed E-state index contributed by atoms with van der Waals surface area (Å²) in [4.78, 5) is 49.7. The highest BCUT2D eigenvalue weighted by Gasteiger charge is 2.69. The van der Waals surface area contributed by atoms with E-state index in [1.54, 1.807) is 0 Å². The molecule has 4 aliphatic rings. The van der Waals surface area contributed by atoms with Crippen LogP contribution in [-0.4, -0.2) is 45.5 Å². The number of carbonyl (C=O) groups is 4. The van der Waals surface area contributed by atoms with E-state index in [-0.39, 0.29) is 51.9 Å². The Labute approximate surface area is 185 Å². The Morgan fingerprint density at radius 2 is 1.80 bits per heavy atom. The number of Topliss-reactive ketones (excluding diaryl/α,β-unsaturated/α-hetero) is 3. The molecule has 4 rings (SSSR count). The Hall–Kier alpha value is -1.08. The summed E-state index contributed by atoms with van der Waals surface area (Å²) in [6, 6.07) is 0. The molecule has 0 aromatic rings. The van der Waals surface area contributed by atoms with E-state index in [0.29, 0.717) is 19.3 Å². The van der Waals surface area contributed by atoms with Gasteiger partial charge in [-0.3, -0.25) is 19.2 Å². The predicted octanol–water partition coefficient (Wildman–Crippen LogP) is 3.01. The van der Waals surface area contributed by atoms with Crippen molar-refractivity contribution in [2.24, 2.45) is 34.5 Å². The van der Waals surface area contributed by atoms with Gasteiger partial charge in [0.05, 0.1) is 4.83 Å². The van der Waals surface area contributed by atoms with Gasteiger partial charge >= 0.3 is 5.97 Å². The van der Waals surface area contributed by atoms with Crippen molar-refractivity contribution in [1.82, 2.24) is 0 Å². The first kappa shape index (κ1) is 22.1. The molecule has 30 heavy (non-hydrogen) atoms. The number of carbonyl (C=O) groups excluding carboxylic acids is 4. The smallest absolute Gasteiger partial charge is 0.303 e. The zero-order valence-corrected chi connectivity index (χ0v) is 19.5. The van der Waals surface area contributed by atoms with Crippen LogP contribution in [0.3, 0.4) is 0 Å². The standard InChI is InChI=1S/C23H31BrO6/c1-12(25)30-11-18(28)23(29)9-6-14-13-4-5-15-20(24)16(26)7-8-21(15,2)19(13)17(27)10-22(14,23)3/h13-15,19-20,29H,4-11H2,1-3H3/t13-,14-,15-,19+,20-,21-,22-,23-/m0/s1. The maximum absolute atomic E-state index is 13.6. The molecule has 0 spiro atoms. The first-order valence-electron chi connectivity index (χ1n) is 11.0. The lowest BCUT2D eigenvalue weighted by molar-refractivity contribution is -0.179. The Balaban J connectivity index is 1.65. The Kier molecular flexibility index (Phi) is 5.33. The van der Waals surface area contributed by atoms with Gasteiger partial charge in [0.2, 0.25) is 5.78 Å². The molecule has 6 nitrogen and oxygen atoms in total. The minimum atomic E-state index is -1.65. The van der Waals surface area contributed by atoms with Crippen molar-refractivity contribution in [3.63, 3.8) is 0 Å². The summed E-state index contributed by atoms with van der Waals surface area (Å²) in [6.45, 7) is 4.82. The van der Waals surface area contributed by atoms with E-state index < -0.39 is 29.4 Å². The molecule has 166 valence electrons. The monoisotopic (exact) mass is 482 g/mol. The molecule has 7 heteroatoms. The van der Waals surface area contributed by atoms with Gasteiger partial charge in [0.25, 0.3) is 0 Å². The van der Waals surface area contributed by atoms with Crippen LogP contribution in [-0.2, 0) is 23.9 Å². The fourth-order valence-electron chi connectivity index (χ4n) is 7.66. The Morgan fingerprint density at radius 3 is 2.47 bits per heavy atom. The van der Waals surface area contributed by atoms with Gasteiger partial charge in [-0.25, -0.2) is 0 Å². The third-order valence-corrected chi connectivity index (χ3v) is 10.4. The number of hydrogen-bond donors (Lipinski definition) is 1. The van der Waals surface area contributed by atoms with Crippen LogP contribution >= 0.6 is 15.9 Å². The van der Waals surface area contributed by atoms with Crippen LogP contribution in [0.15, 0.2) is 0 Å². The molecule has 4 aliphatic carbocycles. The molecule has 4 fully saturated rings. The van der Waals surface area contributed by atoms with Crippen LogP contribution in [0.25, 0.3) is 0 Å².